The minimum atomic E-state index is 0.359. The lowest BCUT2D eigenvalue weighted by Gasteiger charge is -2.36. The van der Waals surface area contributed by atoms with Crippen LogP contribution in [0, 0.1) is 0 Å². The number of ether oxygens (including phenoxy) is 1. The molecule has 3 nitrogen and oxygen atoms in total. The lowest BCUT2D eigenvalue weighted by Crippen LogP contribution is -2.45. The molecule has 0 aromatic carbocycles. The molecule has 0 radical (unpaired) electrons. The van der Waals surface area contributed by atoms with E-state index in [2.05, 4.69) is 4.90 Å². The van der Waals surface area contributed by atoms with Crippen LogP contribution in [0.3, 0.4) is 0 Å². The molecule has 2 aliphatic heterocycles. The highest BCUT2D eigenvalue weighted by Crippen LogP contribution is 2.20. The SMILES string of the molecule is O=C1CCCCN1C1CCOCC1. The molecule has 1 amide bonds. The van der Waals surface area contributed by atoms with Crippen LogP contribution in [0.25, 0.3) is 0 Å². The molecule has 0 N–H and O–H groups in total. The molecule has 0 bridgehead atoms. The van der Waals surface area contributed by atoms with Crippen LogP contribution >= 0.6 is 0 Å². The van der Waals surface area contributed by atoms with Crippen molar-refractivity contribution in [2.24, 2.45) is 0 Å². The van der Waals surface area contributed by atoms with E-state index in [9.17, 15) is 4.79 Å². The van der Waals surface area contributed by atoms with E-state index < -0.39 is 0 Å². The van der Waals surface area contributed by atoms with Gasteiger partial charge in [0.15, 0.2) is 0 Å². The zero-order valence-electron chi connectivity index (χ0n) is 8.00. The molecule has 2 fully saturated rings. The first-order chi connectivity index (χ1) is 6.38. The monoisotopic (exact) mass is 183 g/mol. The van der Waals surface area contributed by atoms with E-state index in [1.165, 1.54) is 6.42 Å². The number of rotatable bonds is 1. The summed E-state index contributed by atoms with van der Waals surface area (Å²) in [7, 11) is 0. The van der Waals surface area contributed by atoms with E-state index in [1.807, 2.05) is 0 Å². The third kappa shape index (κ3) is 2.02. The summed E-state index contributed by atoms with van der Waals surface area (Å²) in [5.74, 6) is 0.359. The summed E-state index contributed by atoms with van der Waals surface area (Å²) in [5.41, 5.74) is 0. The van der Waals surface area contributed by atoms with Gasteiger partial charge in [0.1, 0.15) is 0 Å². The van der Waals surface area contributed by atoms with E-state index in [1.54, 1.807) is 0 Å². The standard InChI is InChI=1S/C10H17NO2/c12-10-3-1-2-6-11(10)9-4-7-13-8-5-9/h9H,1-8H2. The van der Waals surface area contributed by atoms with E-state index in [-0.39, 0.29) is 0 Å². The van der Waals surface area contributed by atoms with Crippen LogP contribution in [0.5, 0.6) is 0 Å². The molecule has 2 saturated heterocycles. The van der Waals surface area contributed by atoms with E-state index in [0.717, 1.165) is 45.4 Å². The predicted molar refractivity (Wildman–Crippen MR) is 49.4 cm³/mol. The highest BCUT2D eigenvalue weighted by Gasteiger charge is 2.27. The van der Waals surface area contributed by atoms with Gasteiger partial charge in [-0.15, -0.1) is 0 Å². The summed E-state index contributed by atoms with van der Waals surface area (Å²) in [4.78, 5) is 13.7. The topological polar surface area (TPSA) is 29.5 Å². The summed E-state index contributed by atoms with van der Waals surface area (Å²) >= 11 is 0. The number of hydrogen-bond acceptors (Lipinski definition) is 2. The van der Waals surface area contributed by atoms with Crippen LogP contribution in [-0.4, -0.2) is 36.6 Å². The number of carbonyl (C=O) groups excluding carboxylic acids is 1. The van der Waals surface area contributed by atoms with Gasteiger partial charge in [0.25, 0.3) is 0 Å². The Labute approximate surface area is 79.0 Å². The zero-order valence-corrected chi connectivity index (χ0v) is 8.00. The first-order valence-corrected chi connectivity index (χ1v) is 5.25. The van der Waals surface area contributed by atoms with Gasteiger partial charge in [-0.25, -0.2) is 0 Å². The quantitative estimate of drug-likeness (QED) is 0.611. The van der Waals surface area contributed by atoms with Gasteiger partial charge >= 0.3 is 0 Å². The van der Waals surface area contributed by atoms with Gasteiger partial charge in [-0.05, 0) is 25.7 Å². The van der Waals surface area contributed by atoms with Crippen LogP contribution in [0.2, 0.25) is 0 Å². The molecule has 0 atom stereocenters. The average Bonchev–Trinajstić information content (AvgIpc) is 2.20. The fourth-order valence-corrected chi connectivity index (χ4v) is 2.21. The molecule has 13 heavy (non-hydrogen) atoms. The second-order valence-corrected chi connectivity index (χ2v) is 3.89. The van der Waals surface area contributed by atoms with Gasteiger partial charge in [0, 0.05) is 32.2 Å². The number of likely N-dealkylation sites (tertiary alicyclic amines) is 1. The van der Waals surface area contributed by atoms with Crippen LogP contribution in [0.1, 0.15) is 32.1 Å². The maximum atomic E-state index is 11.6. The summed E-state index contributed by atoms with van der Waals surface area (Å²) in [6, 6.07) is 0.474. The predicted octanol–water partition coefficient (Wildman–Crippen LogP) is 1.18. The summed E-state index contributed by atoms with van der Waals surface area (Å²) in [6.45, 7) is 2.63. The fourth-order valence-electron chi connectivity index (χ4n) is 2.21. The van der Waals surface area contributed by atoms with E-state index in [0.29, 0.717) is 11.9 Å². The average molecular weight is 183 g/mol. The molecular weight excluding hydrogens is 166 g/mol. The van der Waals surface area contributed by atoms with Crippen LogP contribution < -0.4 is 0 Å². The maximum absolute atomic E-state index is 11.6. The Hall–Kier alpha value is -0.570. The van der Waals surface area contributed by atoms with E-state index >= 15 is 0 Å². The first kappa shape index (κ1) is 9.00. The van der Waals surface area contributed by atoms with Crippen molar-refractivity contribution >= 4 is 5.91 Å². The van der Waals surface area contributed by atoms with E-state index in [4.69, 9.17) is 4.74 Å². The Bertz CT molecular complexity index is 187. The van der Waals surface area contributed by atoms with Crippen molar-refractivity contribution in [1.29, 1.82) is 0 Å². The molecule has 0 aromatic rings. The van der Waals surface area contributed by atoms with Crippen LogP contribution in [0.15, 0.2) is 0 Å². The number of piperidine rings is 1. The Morgan fingerprint density at radius 3 is 2.69 bits per heavy atom. The van der Waals surface area contributed by atoms with Crippen molar-refractivity contribution in [3.05, 3.63) is 0 Å². The largest absolute Gasteiger partial charge is 0.381 e. The molecule has 0 aromatic heterocycles. The van der Waals surface area contributed by atoms with Gasteiger partial charge in [-0.2, -0.15) is 0 Å². The van der Waals surface area contributed by atoms with Crippen LogP contribution in [-0.2, 0) is 9.53 Å². The number of nitrogens with zero attached hydrogens (tertiary/aromatic N) is 1. The lowest BCUT2D eigenvalue weighted by molar-refractivity contribution is -0.137. The minimum absolute atomic E-state index is 0.359. The molecule has 2 aliphatic rings. The van der Waals surface area contributed by atoms with Crippen molar-refractivity contribution in [3.8, 4) is 0 Å². The number of carbonyl (C=O) groups is 1. The van der Waals surface area contributed by atoms with Gasteiger partial charge in [-0.3, -0.25) is 4.79 Å². The highest BCUT2D eigenvalue weighted by molar-refractivity contribution is 5.77. The molecule has 74 valence electrons. The minimum Gasteiger partial charge on any atom is -0.381 e. The second-order valence-electron chi connectivity index (χ2n) is 3.89. The Morgan fingerprint density at radius 2 is 2.00 bits per heavy atom. The third-order valence-electron chi connectivity index (χ3n) is 2.99. The van der Waals surface area contributed by atoms with Crippen molar-refractivity contribution in [1.82, 2.24) is 4.90 Å². The normalized spacial score (nSPS) is 26.5. The van der Waals surface area contributed by atoms with Gasteiger partial charge in [-0.1, -0.05) is 0 Å². The fraction of sp³-hybridized carbons (Fsp3) is 0.900. The van der Waals surface area contributed by atoms with Crippen molar-refractivity contribution in [2.75, 3.05) is 19.8 Å². The molecule has 0 saturated carbocycles. The molecule has 0 spiro atoms. The van der Waals surface area contributed by atoms with Gasteiger partial charge < -0.3 is 9.64 Å². The first-order valence-electron chi connectivity index (χ1n) is 5.25. The second kappa shape index (κ2) is 4.09. The molecule has 0 aliphatic carbocycles. The summed E-state index contributed by atoms with van der Waals surface area (Å²) in [6.07, 6.45) is 5.09. The highest BCUT2D eigenvalue weighted by atomic mass is 16.5. The Balaban J connectivity index is 1.92. The maximum Gasteiger partial charge on any atom is 0.222 e. The zero-order chi connectivity index (χ0) is 9.10. The van der Waals surface area contributed by atoms with Gasteiger partial charge in [0.05, 0.1) is 0 Å². The molecule has 2 heterocycles. The molecule has 0 unspecified atom stereocenters. The smallest absolute Gasteiger partial charge is 0.222 e. The molecule has 2 rings (SSSR count). The van der Waals surface area contributed by atoms with Crippen molar-refractivity contribution < 1.29 is 9.53 Å². The van der Waals surface area contributed by atoms with Crippen LogP contribution in [0.4, 0.5) is 0 Å². The molecule has 3 heteroatoms. The number of amides is 1. The van der Waals surface area contributed by atoms with Crippen molar-refractivity contribution in [2.45, 2.75) is 38.1 Å². The third-order valence-corrected chi connectivity index (χ3v) is 2.99. The molecular formula is C10H17NO2. The number of hydrogen-bond donors (Lipinski definition) is 0. The summed E-state index contributed by atoms with van der Waals surface area (Å²) < 4.78 is 5.29. The Morgan fingerprint density at radius 1 is 1.23 bits per heavy atom. The Kier molecular flexibility index (Phi) is 2.83. The van der Waals surface area contributed by atoms with Gasteiger partial charge in [0.2, 0.25) is 5.91 Å². The van der Waals surface area contributed by atoms with Crippen molar-refractivity contribution in [3.63, 3.8) is 0 Å². The summed E-state index contributed by atoms with van der Waals surface area (Å²) in [5, 5.41) is 0. The lowest BCUT2D eigenvalue weighted by atomic mass is 10.0.